The van der Waals surface area contributed by atoms with Gasteiger partial charge in [-0.25, -0.2) is 0 Å². The Labute approximate surface area is 98.1 Å². The van der Waals surface area contributed by atoms with Crippen LogP contribution < -0.4 is 0 Å². The van der Waals surface area contributed by atoms with Gasteiger partial charge < -0.3 is 0 Å². The molecule has 0 saturated heterocycles. The van der Waals surface area contributed by atoms with Crippen molar-refractivity contribution in [2.45, 2.75) is 45.4 Å². The quantitative estimate of drug-likeness (QED) is 0.738. The molecule has 1 aromatic rings. The van der Waals surface area contributed by atoms with Gasteiger partial charge in [0.25, 0.3) is 0 Å². The minimum absolute atomic E-state index is 0.431. The van der Waals surface area contributed by atoms with Crippen LogP contribution in [0.4, 0.5) is 0 Å². The molecule has 1 aromatic carbocycles. The molecule has 0 spiro atoms. The molecule has 0 bridgehead atoms. The molecule has 0 unspecified atom stereocenters. The third-order valence-corrected chi connectivity index (χ3v) is 3.68. The summed E-state index contributed by atoms with van der Waals surface area (Å²) in [6.45, 7) is 6.57. The van der Waals surface area contributed by atoms with Gasteiger partial charge in [-0.1, -0.05) is 39.0 Å². The average Bonchev–Trinajstić information content (AvgIpc) is 3.10. The fraction of sp³-hybridized carbons (Fsp3) is 0.533. The number of benzene rings is 1. The highest BCUT2D eigenvalue weighted by atomic mass is 14.4. The van der Waals surface area contributed by atoms with Crippen LogP contribution >= 0.6 is 0 Å². The van der Waals surface area contributed by atoms with Crippen LogP contribution in [0.25, 0.3) is 0 Å². The first-order valence-electron chi connectivity index (χ1n) is 6.18. The van der Waals surface area contributed by atoms with Gasteiger partial charge in [0.1, 0.15) is 0 Å². The van der Waals surface area contributed by atoms with Crippen molar-refractivity contribution >= 4 is 0 Å². The first-order chi connectivity index (χ1) is 7.65. The second-order valence-electron chi connectivity index (χ2n) is 5.20. The fourth-order valence-electron chi connectivity index (χ4n) is 2.43. The Morgan fingerprint density at radius 1 is 1.19 bits per heavy atom. The van der Waals surface area contributed by atoms with Gasteiger partial charge in [-0.15, -0.1) is 0 Å². The number of nitrogens with zero attached hydrogens (tertiary/aromatic N) is 1. The van der Waals surface area contributed by atoms with Crippen LogP contribution in [-0.2, 0) is 0 Å². The summed E-state index contributed by atoms with van der Waals surface area (Å²) in [5.41, 5.74) is 3.39. The van der Waals surface area contributed by atoms with Crippen molar-refractivity contribution in [2.24, 2.45) is 5.92 Å². The molecule has 1 saturated carbocycles. The van der Waals surface area contributed by atoms with Crippen molar-refractivity contribution in [2.75, 3.05) is 0 Å². The van der Waals surface area contributed by atoms with Gasteiger partial charge >= 0.3 is 0 Å². The monoisotopic (exact) mass is 213 g/mol. The topological polar surface area (TPSA) is 23.8 Å². The Kier molecular flexibility index (Phi) is 3.01. The number of nitriles is 1. The van der Waals surface area contributed by atoms with Gasteiger partial charge in [-0.3, -0.25) is 0 Å². The summed E-state index contributed by atoms with van der Waals surface area (Å²) >= 11 is 0. The predicted molar refractivity (Wildman–Crippen MR) is 66.4 cm³/mol. The van der Waals surface area contributed by atoms with Crippen LogP contribution in [0.2, 0.25) is 0 Å². The van der Waals surface area contributed by atoms with Gasteiger partial charge in [-0.05, 0) is 41.7 Å². The molecule has 1 atom stereocenters. The van der Waals surface area contributed by atoms with E-state index in [1.807, 2.05) is 0 Å². The largest absolute Gasteiger partial charge is 0.192 e. The standard InChI is InChI=1S/C15H19N/c1-10(2)13-5-4-6-14(15(13)9-16)11(3)12-7-8-12/h4-6,10-12H,7-8H2,1-3H3/t11-/m0/s1. The molecule has 0 radical (unpaired) electrons. The zero-order chi connectivity index (χ0) is 11.7. The molecule has 84 valence electrons. The van der Waals surface area contributed by atoms with Crippen molar-refractivity contribution in [3.63, 3.8) is 0 Å². The van der Waals surface area contributed by atoms with Crippen molar-refractivity contribution in [1.29, 1.82) is 5.26 Å². The Hall–Kier alpha value is -1.29. The van der Waals surface area contributed by atoms with Crippen molar-refractivity contribution in [3.05, 3.63) is 34.9 Å². The lowest BCUT2D eigenvalue weighted by molar-refractivity contribution is 0.659. The van der Waals surface area contributed by atoms with E-state index in [4.69, 9.17) is 0 Å². The SMILES string of the molecule is CC(C)c1cccc([C@@H](C)C2CC2)c1C#N. The van der Waals surface area contributed by atoms with E-state index in [0.29, 0.717) is 11.8 Å². The molecule has 1 aliphatic rings. The number of hydrogen-bond acceptors (Lipinski definition) is 1. The Morgan fingerprint density at radius 2 is 1.81 bits per heavy atom. The van der Waals surface area contributed by atoms with Crippen LogP contribution in [0.3, 0.4) is 0 Å². The lowest BCUT2D eigenvalue weighted by atomic mass is 9.87. The lowest BCUT2D eigenvalue weighted by Crippen LogP contribution is -2.03. The number of rotatable bonds is 3. The van der Waals surface area contributed by atoms with E-state index < -0.39 is 0 Å². The third-order valence-electron chi connectivity index (χ3n) is 3.68. The summed E-state index contributed by atoms with van der Waals surface area (Å²) in [4.78, 5) is 0. The third kappa shape index (κ3) is 1.97. The molecule has 0 aliphatic heterocycles. The normalized spacial score (nSPS) is 17.2. The van der Waals surface area contributed by atoms with Gasteiger partial charge in [-0.2, -0.15) is 5.26 Å². The Morgan fingerprint density at radius 3 is 2.31 bits per heavy atom. The molecule has 0 amide bonds. The Balaban J connectivity index is 2.44. The van der Waals surface area contributed by atoms with E-state index in [-0.39, 0.29) is 0 Å². The fourth-order valence-corrected chi connectivity index (χ4v) is 2.43. The molecule has 0 heterocycles. The summed E-state index contributed by atoms with van der Waals surface area (Å²) in [5, 5.41) is 9.35. The molecule has 2 rings (SSSR count). The molecule has 0 N–H and O–H groups in total. The molecule has 1 fully saturated rings. The van der Waals surface area contributed by atoms with Gasteiger partial charge in [0, 0.05) is 0 Å². The van der Waals surface area contributed by atoms with Gasteiger partial charge in [0.2, 0.25) is 0 Å². The maximum atomic E-state index is 9.35. The van der Waals surface area contributed by atoms with E-state index in [0.717, 1.165) is 11.5 Å². The highest BCUT2D eigenvalue weighted by molar-refractivity contribution is 5.47. The molecule has 1 heteroatoms. The van der Waals surface area contributed by atoms with Crippen molar-refractivity contribution in [3.8, 4) is 6.07 Å². The zero-order valence-electron chi connectivity index (χ0n) is 10.3. The van der Waals surface area contributed by atoms with Gasteiger partial charge in [0.05, 0.1) is 11.6 Å². The van der Waals surface area contributed by atoms with E-state index >= 15 is 0 Å². The van der Waals surface area contributed by atoms with Crippen LogP contribution in [-0.4, -0.2) is 0 Å². The van der Waals surface area contributed by atoms with E-state index in [1.165, 1.54) is 24.0 Å². The van der Waals surface area contributed by atoms with Crippen molar-refractivity contribution < 1.29 is 0 Å². The minimum Gasteiger partial charge on any atom is -0.192 e. The first kappa shape index (κ1) is 11.2. The van der Waals surface area contributed by atoms with Crippen LogP contribution in [0.15, 0.2) is 18.2 Å². The summed E-state index contributed by atoms with van der Waals surface area (Å²) in [6.07, 6.45) is 2.66. The van der Waals surface area contributed by atoms with Crippen LogP contribution in [0.5, 0.6) is 0 Å². The summed E-state index contributed by atoms with van der Waals surface area (Å²) in [6, 6.07) is 8.73. The van der Waals surface area contributed by atoms with Crippen LogP contribution in [0.1, 0.15) is 62.1 Å². The summed E-state index contributed by atoms with van der Waals surface area (Å²) in [5.74, 6) is 1.80. The molecule has 0 aromatic heterocycles. The zero-order valence-corrected chi connectivity index (χ0v) is 10.3. The molecule has 1 aliphatic carbocycles. The molecular weight excluding hydrogens is 194 g/mol. The lowest BCUT2D eigenvalue weighted by Gasteiger charge is -2.16. The first-order valence-corrected chi connectivity index (χ1v) is 6.18. The van der Waals surface area contributed by atoms with Crippen LogP contribution in [0, 0.1) is 17.2 Å². The second-order valence-corrected chi connectivity index (χ2v) is 5.20. The molecular formula is C15H19N. The Bertz CT molecular complexity index is 422. The molecule has 1 nitrogen and oxygen atoms in total. The smallest absolute Gasteiger partial charge is 0.0997 e. The highest BCUT2D eigenvalue weighted by Crippen LogP contribution is 2.43. The number of hydrogen-bond donors (Lipinski definition) is 0. The maximum Gasteiger partial charge on any atom is 0.0997 e. The van der Waals surface area contributed by atoms with E-state index in [9.17, 15) is 5.26 Å². The van der Waals surface area contributed by atoms with Crippen molar-refractivity contribution in [1.82, 2.24) is 0 Å². The predicted octanol–water partition coefficient (Wildman–Crippen LogP) is 4.20. The average molecular weight is 213 g/mol. The summed E-state index contributed by atoms with van der Waals surface area (Å²) in [7, 11) is 0. The highest BCUT2D eigenvalue weighted by Gasteiger charge is 2.30. The molecule has 16 heavy (non-hydrogen) atoms. The second kappa shape index (κ2) is 4.29. The summed E-state index contributed by atoms with van der Waals surface area (Å²) < 4.78 is 0. The maximum absolute atomic E-state index is 9.35. The van der Waals surface area contributed by atoms with Gasteiger partial charge in [0.15, 0.2) is 0 Å². The minimum atomic E-state index is 0.431. The van der Waals surface area contributed by atoms with E-state index in [2.05, 4.69) is 45.0 Å². The van der Waals surface area contributed by atoms with E-state index in [1.54, 1.807) is 0 Å².